The molecular weight excluding hydrogens is 196 g/mol. The van der Waals surface area contributed by atoms with Gasteiger partial charge in [-0.15, -0.1) is 0 Å². The molecule has 0 spiro atoms. The van der Waals surface area contributed by atoms with Gasteiger partial charge in [-0.05, 0) is 30.9 Å². The van der Waals surface area contributed by atoms with E-state index >= 15 is 0 Å². The Morgan fingerprint density at radius 2 is 1.69 bits per heavy atom. The van der Waals surface area contributed by atoms with Crippen molar-refractivity contribution in [2.75, 3.05) is 18.5 Å². The summed E-state index contributed by atoms with van der Waals surface area (Å²) in [6, 6.07) is 6.97. The molecule has 90 valence electrons. The molecule has 2 N–H and O–H groups in total. The lowest BCUT2D eigenvalue weighted by atomic mass is 10.0. The number of aryl methyl sites for hydroxylation is 2. The number of anilines is 1. The second-order valence-corrected chi connectivity index (χ2v) is 4.33. The highest BCUT2D eigenvalue weighted by atomic mass is 15.1. The van der Waals surface area contributed by atoms with Gasteiger partial charge < -0.3 is 10.6 Å². The maximum atomic E-state index is 5.75. The van der Waals surface area contributed by atoms with E-state index in [1.807, 2.05) is 0 Å². The molecule has 16 heavy (non-hydrogen) atoms. The number of hydrogen-bond donors (Lipinski definition) is 1. The van der Waals surface area contributed by atoms with Gasteiger partial charge in [-0.25, -0.2) is 0 Å². The van der Waals surface area contributed by atoms with E-state index < -0.39 is 0 Å². The summed E-state index contributed by atoms with van der Waals surface area (Å²) in [4.78, 5) is 2.32. The van der Waals surface area contributed by atoms with Crippen LogP contribution < -0.4 is 10.6 Å². The highest BCUT2D eigenvalue weighted by Crippen LogP contribution is 2.27. The van der Waals surface area contributed by atoms with E-state index in [0.717, 1.165) is 12.8 Å². The lowest BCUT2D eigenvalue weighted by Gasteiger charge is -2.30. The van der Waals surface area contributed by atoms with E-state index in [9.17, 15) is 0 Å². The van der Waals surface area contributed by atoms with Crippen LogP contribution in [0.5, 0.6) is 0 Å². The van der Waals surface area contributed by atoms with E-state index in [1.165, 1.54) is 16.8 Å². The fraction of sp³-hybridized carbons (Fsp3) is 0.571. The van der Waals surface area contributed by atoms with Crippen LogP contribution in [0.2, 0.25) is 0 Å². The topological polar surface area (TPSA) is 29.3 Å². The molecule has 1 aromatic rings. The summed E-state index contributed by atoms with van der Waals surface area (Å²) < 4.78 is 0. The van der Waals surface area contributed by atoms with Crippen LogP contribution in [0.25, 0.3) is 0 Å². The fourth-order valence-corrected chi connectivity index (χ4v) is 2.05. The molecule has 0 heterocycles. The summed E-state index contributed by atoms with van der Waals surface area (Å²) in [5, 5.41) is 0. The molecule has 0 aliphatic carbocycles. The van der Waals surface area contributed by atoms with Crippen LogP contribution in [-0.4, -0.2) is 19.6 Å². The second kappa shape index (κ2) is 5.90. The number of rotatable bonds is 5. The van der Waals surface area contributed by atoms with Gasteiger partial charge in [0.1, 0.15) is 0 Å². The Balaban J connectivity index is 3.17. The largest absolute Gasteiger partial charge is 0.370 e. The van der Waals surface area contributed by atoms with E-state index in [4.69, 9.17) is 5.73 Å². The van der Waals surface area contributed by atoms with E-state index in [0.29, 0.717) is 12.6 Å². The first-order valence-corrected chi connectivity index (χ1v) is 6.19. The zero-order valence-corrected chi connectivity index (χ0v) is 11.0. The van der Waals surface area contributed by atoms with Gasteiger partial charge in [0, 0.05) is 25.3 Å². The van der Waals surface area contributed by atoms with Crippen molar-refractivity contribution in [2.45, 2.75) is 39.7 Å². The van der Waals surface area contributed by atoms with Crippen molar-refractivity contribution in [2.24, 2.45) is 5.73 Å². The second-order valence-electron chi connectivity index (χ2n) is 4.33. The van der Waals surface area contributed by atoms with Crippen LogP contribution in [0, 0.1) is 0 Å². The lowest BCUT2D eigenvalue weighted by molar-refractivity contribution is 0.689. The Morgan fingerprint density at radius 1 is 1.19 bits per heavy atom. The molecule has 1 unspecified atom stereocenters. The van der Waals surface area contributed by atoms with Crippen molar-refractivity contribution >= 4 is 5.69 Å². The molecule has 0 fully saturated rings. The summed E-state index contributed by atoms with van der Waals surface area (Å²) in [7, 11) is 2.14. The number of nitrogens with zero attached hydrogens (tertiary/aromatic N) is 1. The van der Waals surface area contributed by atoms with Gasteiger partial charge in [0.25, 0.3) is 0 Å². The molecule has 0 saturated carbocycles. The van der Waals surface area contributed by atoms with Crippen LogP contribution in [0.3, 0.4) is 0 Å². The van der Waals surface area contributed by atoms with Crippen molar-refractivity contribution in [3.05, 3.63) is 29.3 Å². The molecular formula is C14H24N2. The molecule has 0 aromatic heterocycles. The molecule has 0 aliphatic heterocycles. The smallest absolute Gasteiger partial charge is 0.0431 e. The first-order valence-electron chi connectivity index (χ1n) is 6.19. The maximum Gasteiger partial charge on any atom is 0.0431 e. The van der Waals surface area contributed by atoms with E-state index in [2.05, 4.69) is 50.9 Å². The highest BCUT2D eigenvalue weighted by molar-refractivity contribution is 5.60. The standard InChI is InChI=1S/C14H24N2/c1-5-12-8-7-9-13(6-2)14(12)16(4)11(3)10-15/h7-9,11H,5-6,10,15H2,1-4H3. The quantitative estimate of drug-likeness (QED) is 0.826. The maximum absolute atomic E-state index is 5.75. The number of para-hydroxylation sites is 1. The average molecular weight is 220 g/mol. The van der Waals surface area contributed by atoms with E-state index in [1.54, 1.807) is 0 Å². The van der Waals surface area contributed by atoms with Crippen LogP contribution in [0.15, 0.2) is 18.2 Å². The SMILES string of the molecule is CCc1cccc(CC)c1N(C)C(C)CN. The van der Waals surface area contributed by atoms with Gasteiger partial charge in [-0.3, -0.25) is 0 Å². The first kappa shape index (κ1) is 13.0. The number of likely N-dealkylation sites (N-methyl/N-ethyl adjacent to an activating group) is 1. The minimum Gasteiger partial charge on any atom is -0.370 e. The van der Waals surface area contributed by atoms with Gasteiger partial charge in [0.05, 0.1) is 0 Å². The molecule has 1 atom stereocenters. The van der Waals surface area contributed by atoms with Crippen molar-refractivity contribution in [3.63, 3.8) is 0 Å². The third-order valence-corrected chi connectivity index (χ3v) is 3.32. The number of hydrogen-bond acceptors (Lipinski definition) is 2. The van der Waals surface area contributed by atoms with Crippen molar-refractivity contribution in [1.82, 2.24) is 0 Å². The minimum absolute atomic E-state index is 0.387. The van der Waals surface area contributed by atoms with Gasteiger partial charge >= 0.3 is 0 Å². The number of benzene rings is 1. The monoisotopic (exact) mass is 220 g/mol. The Bertz CT molecular complexity index is 311. The summed E-state index contributed by atoms with van der Waals surface area (Å²) in [5.74, 6) is 0. The summed E-state index contributed by atoms with van der Waals surface area (Å²) in [6.45, 7) is 7.28. The molecule has 0 radical (unpaired) electrons. The van der Waals surface area contributed by atoms with Crippen LogP contribution in [0.4, 0.5) is 5.69 Å². The molecule has 0 saturated heterocycles. The summed E-state index contributed by atoms with van der Waals surface area (Å²) in [6.07, 6.45) is 2.15. The fourth-order valence-electron chi connectivity index (χ4n) is 2.05. The predicted octanol–water partition coefficient (Wildman–Crippen LogP) is 2.59. The summed E-state index contributed by atoms with van der Waals surface area (Å²) >= 11 is 0. The zero-order chi connectivity index (χ0) is 12.1. The van der Waals surface area contributed by atoms with Crippen LogP contribution in [-0.2, 0) is 12.8 Å². The predicted molar refractivity (Wildman–Crippen MR) is 72.1 cm³/mol. The lowest BCUT2D eigenvalue weighted by Crippen LogP contribution is -2.36. The third-order valence-electron chi connectivity index (χ3n) is 3.32. The van der Waals surface area contributed by atoms with Gasteiger partial charge in [0.2, 0.25) is 0 Å². The molecule has 1 rings (SSSR count). The van der Waals surface area contributed by atoms with Crippen molar-refractivity contribution in [1.29, 1.82) is 0 Å². The minimum atomic E-state index is 0.387. The summed E-state index contributed by atoms with van der Waals surface area (Å²) in [5.41, 5.74) is 9.97. The Kier molecular flexibility index (Phi) is 4.81. The molecule has 0 amide bonds. The molecule has 0 bridgehead atoms. The number of nitrogens with two attached hydrogens (primary N) is 1. The highest BCUT2D eigenvalue weighted by Gasteiger charge is 2.14. The third kappa shape index (κ3) is 2.56. The molecule has 0 aliphatic rings. The van der Waals surface area contributed by atoms with Crippen LogP contribution >= 0.6 is 0 Å². The van der Waals surface area contributed by atoms with Gasteiger partial charge in [-0.1, -0.05) is 32.0 Å². The molecule has 2 nitrogen and oxygen atoms in total. The van der Waals surface area contributed by atoms with Crippen molar-refractivity contribution < 1.29 is 0 Å². The molecule has 1 aromatic carbocycles. The van der Waals surface area contributed by atoms with Crippen molar-refractivity contribution in [3.8, 4) is 0 Å². The van der Waals surface area contributed by atoms with E-state index in [-0.39, 0.29) is 0 Å². The normalized spacial score (nSPS) is 12.6. The van der Waals surface area contributed by atoms with Crippen LogP contribution in [0.1, 0.15) is 31.9 Å². The first-order chi connectivity index (χ1) is 7.65. The van der Waals surface area contributed by atoms with Gasteiger partial charge in [0.15, 0.2) is 0 Å². The molecule has 2 heteroatoms. The Morgan fingerprint density at radius 3 is 2.06 bits per heavy atom. The van der Waals surface area contributed by atoms with Gasteiger partial charge in [-0.2, -0.15) is 0 Å². The average Bonchev–Trinajstić information content (AvgIpc) is 2.35. The zero-order valence-electron chi connectivity index (χ0n) is 11.0. The Hall–Kier alpha value is -1.02. The Labute approximate surface area is 99.5 Å².